The second-order valence-corrected chi connectivity index (χ2v) is 5.06. The Morgan fingerprint density at radius 1 is 1.11 bits per heavy atom. The quantitative estimate of drug-likeness (QED) is 0.892. The topological polar surface area (TPSA) is 35.2 Å². The molecule has 2 nitrogen and oxygen atoms in total. The molecule has 0 radical (unpaired) electrons. The summed E-state index contributed by atoms with van der Waals surface area (Å²) in [4.78, 5) is 0. The molecule has 0 saturated carbocycles. The van der Waals surface area contributed by atoms with Crippen LogP contribution in [0.3, 0.4) is 0 Å². The maximum Gasteiger partial charge on any atom is 0.128 e. The highest BCUT2D eigenvalue weighted by molar-refractivity contribution is 9.10. The first-order valence-corrected chi connectivity index (χ1v) is 6.77. The maximum absolute atomic E-state index is 5.97. The van der Waals surface area contributed by atoms with Gasteiger partial charge in [-0.1, -0.05) is 41.1 Å². The summed E-state index contributed by atoms with van der Waals surface area (Å²) < 4.78 is 6.76. The van der Waals surface area contributed by atoms with Crippen molar-refractivity contribution >= 4 is 15.9 Å². The summed E-state index contributed by atoms with van der Waals surface area (Å²) in [7, 11) is 0. The van der Waals surface area contributed by atoms with E-state index in [1.165, 1.54) is 0 Å². The fourth-order valence-electron chi connectivity index (χ4n) is 1.69. The highest BCUT2D eigenvalue weighted by atomic mass is 79.9. The zero-order chi connectivity index (χ0) is 13.0. The van der Waals surface area contributed by atoms with Crippen molar-refractivity contribution in [3.05, 3.63) is 58.6 Å². The molecule has 0 bridgehead atoms. The predicted octanol–water partition coefficient (Wildman–Crippen LogP) is 4.65. The molecule has 94 valence electrons. The van der Waals surface area contributed by atoms with Crippen LogP contribution in [0.4, 0.5) is 0 Å². The summed E-state index contributed by atoms with van der Waals surface area (Å²) in [5.41, 5.74) is 7.11. The molecule has 2 rings (SSSR count). The van der Waals surface area contributed by atoms with E-state index in [0.717, 1.165) is 28.0 Å². The maximum atomic E-state index is 5.97. The smallest absolute Gasteiger partial charge is 0.128 e. The van der Waals surface area contributed by atoms with E-state index in [-0.39, 0.29) is 6.04 Å². The highest BCUT2D eigenvalue weighted by Crippen LogP contribution is 2.25. The number of halogens is 1. The second-order valence-electron chi connectivity index (χ2n) is 4.14. The summed E-state index contributed by atoms with van der Waals surface area (Å²) in [6.07, 6.45) is 0.936. The van der Waals surface area contributed by atoms with Crippen LogP contribution in [0.1, 0.15) is 24.9 Å². The van der Waals surface area contributed by atoms with Gasteiger partial charge in [-0.25, -0.2) is 0 Å². The molecular weight excluding hydrogens is 290 g/mol. The first-order valence-electron chi connectivity index (χ1n) is 5.98. The summed E-state index contributed by atoms with van der Waals surface area (Å²) in [5, 5.41) is 0. The van der Waals surface area contributed by atoms with Crippen LogP contribution in [0.15, 0.2) is 53.0 Å². The fraction of sp³-hybridized carbons (Fsp3) is 0.200. The van der Waals surface area contributed by atoms with Crippen molar-refractivity contribution in [2.75, 3.05) is 0 Å². The van der Waals surface area contributed by atoms with Crippen LogP contribution < -0.4 is 10.5 Å². The molecule has 2 N–H and O–H groups in total. The van der Waals surface area contributed by atoms with Crippen LogP contribution in [0.2, 0.25) is 0 Å². The Labute approximate surface area is 116 Å². The van der Waals surface area contributed by atoms with Gasteiger partial charge in [0.25, 0.3) is 0 Å². The fourth-order valence-corrected chi connectivity index (χ4v) is 2.06. The zero-order valence-electron chi connectivity index (χ0n) is 10.3. The molecule has 18 heavy (non-hydrogen) atoms. The third-order valence-corrected chi connectivity index (χ3v) is 3.27. The van der Waals surface area contributed by atoms with E-state index in [1.54, 1.807) is 0 Å². The van der Waals surface area contributed by atoms with Gasteiger partial charge in [0.05, 0.1) is 0 Å². The average Bonchev–Trinajstić information content (AvgIpc) is 2.39. The molecule has 0 aliphatic carbocycles. The summed E-state index contributed by atoms with van der Waals surface area (Å²) >= 11 is 3.42. The predicted molar refractivity (Wildman–Crippen MR) is 77.9 cm³/mol. The Bertz CT molecular complexity index is 510. The average molecular weight is 306 g/mol. The molecular formula is C15H16BrNO. The lowest BCUT2D eigenvalue weighted by atomic mass is 10.1. The molecule has 0 aromatic heterocycles. The van der Waals surface area contributed by atoms with Gasteiger partial charge >= 0.3 is 0 Å². The third-order valence-electron chi connectivity index (χ3n) is 2.78. The van der Waals surface area contributed by atoms with Crippen LogP contribution in [0.25, 0.3) is 0 Å². The van der Waals surface area contributed by atoms with Crippen molar-refractivity contribution in [2.45, 2.75) is 19.4 Å². The number of nitrogens with two attached hydrogens (primary N) is 1. The van der Waals surface area contributed by atoms with E-state index in [4.69, 9.17) is 10.5 Å². The Morgan fingerprint density at radius 2 is 1.83 bits per heavy atom. The molecule has 0 heterocycles. The molecule has 2 aromatic rings. The minimum Gasteiger partial charge on any atom is -0.457 e. The summed E-state index contributed by atoms with van der Waals surface area (Å²) in [6.45, 7) is 2.08. The second kappa shape index (κ2) is 6.03. The molecule has 3 heteroatoms. The van der Waals surface area contributed by atoms with E-state index >= 15 is 0 Å². The van der Waals surface area contributed by atoms with Gasteiger partial charge in [-0.2, -0.15) is 0 Å². The van der Waals surface area contributed by atoms with Crippen molar-refractivity contribution in [3.63, 3.8) is 0 Å². The van der Waals surface area contributed by atoms with Gasteiger partial charge in [0, 0.05) is 10.5 Å². The van der Waals surface area contributed by atoms with Crippen LogP contribution in [0.5, 0.6) is 11.5 Å². The van der Waals surface area contributed by atoms with E-state index in [2.05, 4.69) is 22.9 Å². The van der Waals surface area contributed by atoms with Crippen molar-refractivity contribution in [1.82, 2.24) is 0 Å². The number of hydrogen-bond acceptors (Lipinski definition) is 2. The van der Waals surface area contributed by atoms with Gasteiger partial charge in [0.15, 0.2) is 0 Å². The van der Waals surface area contributed by atoms with Gasteiger partial charge in [-0.3, -0.25) is 0 Å². The van der Waals surface area contributed by atoms with E-state index in [9.17, 15) is 0 Å². The number of rotatable bonds is 4. The molecule has 0 unspecified atom stereocenters. The number of benzene rings is 2. The van der Waals surface area contributed by atoms with Gasteiger partial charge in [-0.05, 0) is 42.3 Å². The lowest BCUT2D eigenvalue weighted by molar-refractivity contribution is 0.482. The molecule has 0 aliphatic heterocycles. The molecule has 2 aromatic carbocycles. The summed E-state index contributed by atoms with van der Waals surface area (Å²) in [5.74, 6) is 1.64. The van der Waals surface area contributed by atoms with Gasteiger partial charge in [0.1, 0.15) is 11.5 Å². The number of hydrogen-bond donors (Lipinski definition) is 1. The van der Waals surface area contributed by atoms with Gasteiger partial charge < -0.3 is 10.5 Å². The summed E-state index contributed by atoms with van der Waals surface area (Å²) in [6, 6.07) is 15.8. The Kier molecular flexibility index (Phi) is 4.39. The monoisotopic (exact) mass is 305 g/mol. The molecule has 0 fully saturated rings. The van der Waals surface area contributed by atoms with Crippen molar-refractivity contribution in [2.24, 2.45) is 5.73 Å². The van der Waals surface area contributed by atoms with Crippen LogP contribution in [0, 0.1) is 0 Å². The first kappa shape index (κ1) is 13.1. The molecule has 1 atom stereocenters. The lowest BCUT2D eigenvalue weighted by Gasteiger charge is -2.10. The van der Waals surface area contributed by atoms with Gasteiger partial charge in [0.2, 0.25) is 0 Å². The lowest BCUT2D eigenvalue weighted by Crippen LogP contribution is -2.07. The molecule has 0 spiro atoms. The highest BCUT2D eigenvalue weighted by Gasteiger charge is 2.03. The van der Waals surface area contributed by atoms with Crippen LogP contribution in [-0.4, -0.2) is 0 Å². The molecule has 0 amide bonds. The zero-order valence-corrected chi connectivity index (χ0v) is 11.9. The normalized spacial score (nSPS) is 12.2. The molecule has 0 aliphatic rings. The van der Waals surface area contributed by atoms with E-state index in [0.29, 0.717) is 0 Å². The largest absolute Gasteiger partial charge is 0.457 e. The number of ether oxygens (including phenoxy) is 1. The SMILES string of the molecule is CC[C@H](N)c1ccc(Oc2cccc(Br)c2)cc1. The van der Waals surface area contributed by atoms with E-state index in [1.807, 2.05) is 48.5 Å². The first-order chi connectivity index (χ1) is 8.69. The minimum atomic E-state index is 0.102. The van der Waals surface area contributed by atoms with E-state index < -0.39 is 0 Å². The Morgan fingerprint density at radius 3 is 2.44 bits per heavy atom. The Balaban J connectivity index is 2.11. The van der Waals surface area contributed by atoms with Gasteiger partial charge in [-0.15, -0.1) is 0 Å². The molecule has 0 saturated heterocycles. The minimum absolute atomic E-state index is 0.102. The Hall–Kier alpha value is -1.32. The van der Waals surface area contributed by atoms with Crippen molar-refractivity contribution in [1.29, 1.82) is 0 Å². The van der Waals surface area contributed by atoms with Crippen LogP contribution in [-0.2, 0) is 0 Å². The third kappa shape index (κ3) is 3.34. The van der Waals surface area contributed by atoms with Crippen molar-refractivity contribution < 1.29 is 4.74 Å². The standard InChI is InChI=1S/C15H16BrNO/c1-2-15(17)11-6-8-13(9-7-11)18-14-5-3-4-12(16)10-14/h3-10,15H,2,17H2,1H3/t15-/m0/s1. The van der Waals surface area contributed by atoms with Crippen molar-refractivity contribution in [3.8, 4) is 11.5 Å². The van der Waals surface area contributed by atoms with Crippen LogP contribution >= 0.6 is 15.9 Å².